The number of aliphatic hydroxyl groups excluding tert-OH is 1. The number of hydrogen-bond donors (Lipinski definition) is 4. The summed E-state index contributed by atoms with van der Waals surface area (Å²) in [5.74, 6) is -1.46. The van der Waals surface area contributed by atoms with Gasteiger partial charge in [-0.05, 0) is 44.0 Å². The lowest BCUT2D eigenvalue weighted by Gasteiger charge is -2.08. The number of imide groups is 1. The van der Waals surface area contributed by atoms with Crippen LogP contribution in [0.5, 0.6) is 0 Å². The predicted molar refractivity (Wildman–Crippen MR) is 128 cm³/mol. The highest BCUT2D eigenvalue weighted by Crippen LogP contribution is 2.41. The summed E-state index contributed by atoms with van der Waals surface area (Å²) < 4.78 is 4.86. The quantitative estimate of drug-likeness (QED) is 0.261. The number of H-pyrrole nitrogens is 2. The lowest BCUT2D eigenvalue weighted by molar-refractivity contribution is -0.122. The lowest BCUT2D eigenvalue weighted by atomic mass is 9.91. The highest BCUT2D eigenvalue weighted by atomic mass is 16.5. The van der Waals surface area contributed by atoms with Gasteiger partial charge < -0.3 is 19.8 Å². The third-order valence-electron chi connectivity index (χ3n) is 6.21. The first-order valence-corrected chi connectivity index (χ1v) is 11.0. The van der Waals surface area contributed by atoms with Gasteiger partial charge in [-0.3, -0.25) is 14.9 Å². The van der Waals surface area contributed by atoms with Crippen molar-refractivity contribution in [3.05, 3.63) is 70.5 Å². The van der Waals surface area contributed by atoms with Gasteiger partial charge in [-0.1, -0.05) is 18.2 Å². The van der Waals surface area contributed by atoms with Crippen molar-refractivity contribution in [2.24, 2.45) is 0 Å². The molecule has 5 rings (SSSR count). The maximum Gasteiger partial charge on any atom is 0.337 e. The van der Waals surface area contributed by atoms with Gasteiger partial charge in [0.05, 0.1) is 23.8 Å². The normalized spacial score (nSPS) is 13.9. The Morgan fingerprint density at radius 2 is 1.65 bits per heavy atom. The highest BCUT2D eigenvalue weighted by molar-refractivity contribution is 6.51. The number of nitrogens with one attached hydrogen (secondary N) is 3. The summed E-state index contributed by atoms with van der Waals surface area (Å²) in [7, 11) is 1.31. The molecule has 0 radical (unpaired) electrons. The fraction of sp³-hybridized carbons (Fsp3) is 0.192. The molecule has 0 bridgehead atoms. The Hall–Kier alpha value is -4.17. The van der Waals surface area contributed by atoms with Gasteiger partial charge in [0.15, 0.2) is 0 Å². The second-order valence-corrected chi connectivity index (χ2v) is 8.26. The van der Waals surface area contributed by atoms with E-state index in [-0.39, 0.29) is 17.8 Å². The van der Waals surface area contributed by atoms with E-state index in [1.807, 2.05) is 31.2 Å². The van der Waals surface area contributed by atoms with E-state index in [1.54, 1.807) is 18.2 Å². The number of fused-ring (bicyclic) bond motifs is 2. The van der Waals surface area contributed by atoms with E-state index >= 15 is 0 Å². The number of carbonyl (C=O) groups is 3. The summed E-state index contributed by atoms with van der Waals surface area (Å²) >= 11 is 0. The van der Waals surface area contributed by atoms with E-state index in [2.05, 4.69) is 15.3 Å². The minimum Gasteiger partial charge on any atom is -0.465 e. The van der Waals surface area contributed by atoms with Crippen LogP contribution in [0.1, 0.15) is 39.3 Å². The summed E-state index contributed by atoms with van der Waals surface area (Å²) in [5.41, 5.74) is 5.15. The van der Waals surface area contributed by atoms with Gasteiger partial charge in [0, 0.05) is 50.9 Å². The Kier molecular flexibility index (Phi) is 5.30. The van der Waals surface area contributed by atoms with Gasteiger partial charge in [0.1, 0.15) is 0 Å². The molecule has 172 valence electrons. The Bertz CT molecular complexity index is 1520. The van der Waals surface area contributed by atoms with E-state index < -0.39 is 17.8 Å². The van der Waals surface area contributed by atoms with Crippen LogP contribution in [0.2, 0.25) is 0 Å². The number of para-hydroxylation sites is 1. The molecule has 1 aliphatic heterocycles. The molecule has 2 amide bonds. The third kappa shape index (κ3) is 3.31. The molecule has 1 aliphatic rings. The molecule has 8 heteroatoms. The van der Waals surface area contributed by atoms with Crippen LogP contribution >= 0.6 is 0 Å². The molecule has 0 atom stereocenters. The number of amides is 2. The number of hydrogen-bond acceptors (Lipinski definition) is 5. The van der Waals surface area contributed by atoms with Crippen molar-refractivity contribution in [3.63, 3.8) is 0 Å². The molecule has 2 aromatic carbocycles. The zero-order valence-corrected chi connectivity index (χ0v) is 18.7. The molecule has 0 unspecified atom stereocenters. The average molecular weight is 457 g/mol. The molecule has 0 fully saturated rings. The van der Waals surface area contributed by atoms with Gasteiger partial charge in [-0.15, -0.1) is 0 Å². The van der Waals surface area contributed by atoms with Crippen molar-refractivity contribution in [1.29, 1.82) is 0 Å². The summed E-state index contributed by atoms with van der Waals surface area (Å²) in [6.07, 6.45) is 1.02. The minimum absolute atomic E-state index is 0.00367. The van der Waals surface area contributed by atoms with Crippen molar-refractivity contribution in [3.8, 4) is 0 Å². The summed E-state index contributed by atoms with van der Waals surface area (Å²) in [5, 5.41) is 13.3. The highest BCUT2D eigenvalue weighted by Gasteiger charge is 2.37. The van der Waals surface area contributed by atoms with Crippen molar-refractivity contribution < 1.29 is 24.2 Å². The number of benzene rings is 2. The number of carbonyl (C=O) groups excluding carboxylic acids is 3. The molecule has 0 saturated carbocycles. The maximum atomic E-state index is 13.2. The molecule has 0 aliphatic carbocycles. The number of aromatic amines is 2. The van der Waals surface area contributed by atoms with Crippen molar-refractivity contribution in [1.82, 2.24) is 15.3 Å². The summed E-state index contributed by atoms with van der Waals surface area (Å²) in [4.78, 5) is 45.1. The van der Waals surface area contributed by atoms with Crippen LogP contribution in [0.25, 0.3) is 33.0 Å². The van der Waals surface area contributed by atoms with Crippen LogP contribution in [0, 0.1) is 6.92 Å². The van der Waals surface area contributed by atoms with Crippen molar-refractivity contribution >= 4 is 50.7 Å². The number of aryl methyl sites for hydroxylation is 2. The number of methoxy groups -OCH3 is 1. The Labute approximate surface area is 194 Å². The van der Waals surface area contributed by atoms with Gasteiger partial charge in [-0.2, -0.15) is 0 Å². The van der Waals surface area contributed by atoms with Crippen LogP contribution in [0.4, 0.5) is 0 Å². The first kappa shape index (κ1) is 21.7. The zero-order valence-electron chi connectivity index (χ0n) is 18.7. The smallest absolute Gasteiger partial charge is 0.337 e. The SMILES string of the molecule is COC(=O)c1ccc2[nH]c(C)c(C3=C(c4c(CCCO)[nH]c5ccccc45)C(=O)NC3=O)c2c1. The van der Waals surface area contributed by atoms with E-state index in [0.29, 0.717) is 40.6 Å². The standard InChI is InChI=1S/C26H23N3O5/c1-13-20(16-12-14(26(33)34-2)9-10-18(16)27-13)22-23(25(32)29-24(22)31)21-15-6-3-4-7-17(15)28-19(21)8-5-11-30/h3-4,6-7,9-10,12,27-28,30H,5,8,11H2,1-2H3,(H,29,31,32). The molecular formula is C26H23N3O5. The van der Waals surface area contributed by atoms with Crippen molar-refractivity contribution in [2.45, 2.75) is 19.8 Å². The molecular weight excluding hydrogens is 434 g/mol. The lowest BCUT2D eigenvalue weighted by Crippen LogP contribution is -2.23. The van der Waals surface area contributed by atoms with E-state index in [4.69, 9.17) is 4.74 Å². The average Bonchev–Trinajstić information content (AvgIpc) is 3.45. The second-order valence-electron chi connectivity index (χ2n) is 8.26. The minimum atomic E-state index is -0.495. The van der Waals surface area contributed by atoms with Crippen LogP contribution < -0.4 is 5.32 Å². The summed E-state index contributed by atoms with van der Waals surface area (Å²) in [6.45, 7) is 1.83. The van der Waals surface area contributed by atoms with Crippen LogP contribution in [0.3, 0.4) is 0 Å². The zero-order chi connectivity index (χ0) is 24.0. The molecule has 2 aromatic heterocycles. The third-order valence-corrected chi connectivity index (χ3v) is 6.21. The maximum absolute atomic E-state index is 13.2. The Balaban J connectivity index is 1.84. The Morgan fingerprint density at radius 1 is 0.941 bits per heavy atom. The first-order valence-electron chi connectivity index (χ1n) is 11.0. The number of esters is 1. The molecule has 8 nitrogen and oxygen atoms in total. The fourth-order valence-electron chi connectivity index (χ4n) is 4.75. The molecule has 0 spiro atoms. The van der Waals surface area contributed by atoms with E-state index in [9.17, 15) is 19.5 Å². The monoisotopic (exact) mass is 457 g/mol. The first-order chi connectivity index (χ1) is 16.4. The summed E-state index contributed by atoms with van der Waals surface area (Å²) in [6, 6.07) is 12.7. The molecule has 0 saturated heterocycles. The number of rotatable bonds is 6. The Morgan fingerprint density at radius 3 is 2.38 bits per heavy atom. The molecule has 34 heavy (non-hydrogen) atoms. The van der Waals surface area contributed by atoms with Crippen LogP contribution in [0.15, 0.2) is 42.5 Å². The number of aliphatic hydroxyl groups is 1. The van der Waals surface area contributed by atoms with Gasteiger partial charge in [-0.25, -0.2) is 4.79 Å². The van der Waals surface area contributed by atoms with Crippen LogP contribution in [-0.4, -0.2) is 46.6 Å². The van der Waals surface area contributed by atoms with Gasteiger partial charge in [0.2, 0.25) is 0 Å². The molecule has 4 N–H and O–H groups in total. The largest absolute Gasteiger partial charge is 0.465 e. The molecule has 3 heterocycles. The number of ether oxygens (including phenoxy) is 1. The van der Waals surface area contributed by atoms with Crippen LogP contribution in [-0.2, 0) is 20.7 Å². The number of aromatic nitrogens is 2. The topological polar surface area (TPSA) is 124 Å². The van der Waals surface area contributed by atoms with Gasteiger partial charge >= 0.3 is 5.97 Å². The van der Waals surface area contributed by atoms with Crippen molar-refractivity contribution in [2.75, 3.05) is 13.7 Å². The second kappa shape index (κ2) is 8.31. The van der Waals surface area contributed by atoms with E-state index in [0.717, 1.165) is 22.1 Å². The van der Waals surface area contributed by atoms with E-state index in [1.165, 1.54) is 7.11 Å². The van der Waals surface area contributed by atoms with Gasteiger partial charge in [0.25, 0.3) is 11.8 Å². The predicted octanol–water partition coefficient (Wildman–Crippen LogP) is 3.24. The fourth-order valence-corrected chi connectivity index (χ4v) is 4.75. The molecule has 4 aromatic rings.